The fourth-order valence-electron chi connectivity index (χ4n) is 2.97. The molecule has 1 aromatic carbocycles. The molecule has 1 aromatic heterocycles. The molecule has 120 valence electrons. The number of aryl methyl sites for hydroxylation is 1. The molecule has 0 saturated carbocycles. The Bertz CT molecular complexity index is 750. The van der Waals surface area contributed by atoms with E-state index in [0.29, 0.717) is 16.6 Å². The molecule has 3 heterocycles. The van der Waals surface area contributed by atoms with Crippen molar-refractivity contribution in [1.29, 1.82) is 0 Å². The minimum atomic E-state index is -0.0145. The quantitative estimate of drug-likeness (QED) is 0.849. The van der Waals surface area contributed by atoms with Gasteiger partial charge in [0.1, 0.15) is 0 Å². The Morgan fingerprint density at radius 3 is 2.65 bits per heavy atom. The second-order valence-electron chi connectivity index (χ2n) is 6.12. The number of carbonyl (C=O) groups excluding carboxylic acids is 1. The van der Waals surface area contributed by atoms with Gasteiger partial charge in [0, 0.05) is 31.1 Å². The second-order valence-corrected chi connectivity index (χ2v) is 6.56. The lowest BCUT2D eigenvalue weighted by atomic mass is 10.0. The highest BCUT2D eigenvalue weighted by Crippen LogP contribution is 2.38. The second kappa shape index (κ2) is 5.57. The van der Waals surface area contributed by atoms with E-state index in [1.165, 1.54) is 0 Å². The molecule has 1 saturated heterocycles. The molecule has 5 nitrogen and oxygen atoms in total. The zero-order valence-corrected chi connectivity index (χ0v) is 13.7. The number of halogens is 1. The first-order valence-electron chi connectivity index (χ1n) is 7.96. The molecule has 1 amide bonds. The average molecular weight is 332 g/mol. The van der Waals surface area contributed by atoms with Gasteiger partial charge in [0.15, 0.2) is 5.69 Å². The molecular formula is C17H18ClN3O2. The van der Waals surface area contributed by atoms with E-state index in [1.807, 2.05) is 40.8 Å². The number of nitrogens with zero attached hydrogens (tertiary/aromatic N) is 3. The summed E-state index contributed by atoms with van der Waals surface area (Å²) in [6, 6.07) is 7.47. The van der Waals surface area contributed by atoms with E-state index in [0.717, 1.165) is 43.6 Å². The summed E-state index contributed by atoms with van der Waals surface area (Å²) in [7, 11) is 0. The van der Waals surface area contributed by atoms with Crippen molar-refractivity contribution >= 4 is 17.5 Å². The highest BCUT2D eigenvalue weighted by atomic mass is 35.5. The number of fused-ring (bicyclic) bond motifs is 1. The van der Waals surface area contributed by atoms with E-state index in [2.05, 4.69) is 5.10 Å². The van der Waals surface area contributed by atoms with Crippen LogP contribution in [-0.2, 0) is 6.54 Å². The number of likely N-dealkylation sites (tertiary alicyclic amines) is 1. The number of rotatable bonds is 2. The number of amides is 1. The summed E-state index contributed by atoms with van der Waals surface area (Å²) >= 11 is 6.00. The van der Waals surface area contributed by atoms with Crippen molar-refractivity contribution in [1.82, 2.24) is 14.7 Å². The van der Waals surface area contributed by atoms with Crippen molar-refractivity contribution in [2.45, 2.75) is 32.4 Å². The Balaban J connectivity index is 1.84. The number of carbonyl (C=O) groups is 1. The molecule has 23 heavy (non-hydrogen) atoms. The van der Waals surface area contributed by atoms with Crippen LogP contribution in [0.15, 0.2) is 24.3 Å². The van der Waals surface area contributed by atoms with Gasteiger partial charge in [-0.15, -0.1) is 0 Å². The van der Waals surface area contributed by atoms with Gasteiger partial charge in [-0.3, -0.25) is 4.79 Å². The highest BCUT2D eigenvalue weighted by molar-refractivity contribution is 6.30. The van der Waals surface area contributed by atoms with Crippen LogP contribution in [0, 0.1) is 0 Å². The Morgan fingerprint density at radius 2 is 2.00 bits per heavy atom. The Kier molecular flexibility index (Phi) is 3.53. The van der Waals surface area contributed by atoms with Crippen LogP contribution in [-0.4, -0.2) is 39.8 Å². The molecule has 0 bridgehead atoms. The summed E-state index contributed by atoms with van der Waals surface area (Å²) in [5.41, 5.74) is 2.18. The predicted molar refractivity (Wildman–Crippen MR) is 87.9 cm³/mol. The van der Waals surface area contributed by atoms with Gasteiger partial charge in [0.25, 0.3) is 5.91 Å². The lowest BCUT2D eigenvalue weighted by Gasteiger charge is -2.30. The van der Waals surface area contributed by atoms with Gasteiger partial charge in [-0.1, -0.05) is 23.7 Å². The van der Waals surface area contributed by atoms with Crippen molar-refractivity contribution in [2.24, 2.45) is 0 Å². The van der Waals surface area contributed by atoms with E-state index >= 15 is 0 Å². The summed E-state index contributed by atoms with van der Waals surface area (Å²) in [5.74, 6) is 0.675. The third-order valence-electron chi connectivity index (χ3n) is 4.44. The van der Waals surface area contributed by atoms with E-state index < -0.39 is 0 Å². The third kappa shape index (κ3) is 2.49. The molecule has 2 aliphatic heterocycles. The molecule has 0 aliphatic carbocycles. The number of aromatic nitrogens is 2. The first-order valence-corrected chi connectivity index (χ1v) is 8.34. The van der Waals surface area contributed by atoms with Gasteiger partial charge in [-0.05, 0) is 31.0 Å². The molecule has 1 atom stereocenters. The molecule has 0 radical (unpaired) electrons. The SMILES string of the molecule is CC1CCn2nc(C(=O)N3CCC3)c(-c3ccc(Cl)cc3)c2O1. The molecule has 2 aliphatic rings. The van der Waals surface area contributed by atoms with E-state index in [9.17, 15) is 4.79 Å². The molecule has 0 spiro atoms. The first kappa shape index (κ1) is 14.6. The van der Waals surface area contributed by atoms with Gasteiger partial charge >= 0.3 is 0 Å². The monoisotopic (exact) mass is 331 g/mol. The van der Waals surface area contributed by atoms with Gasteiger partial charge in [0.05, 0.1) is 11.7 Å². The number of ether oxygens (including phenoxy) is 1. The normalized spacial score (nSPS) is 19.7. The molecule has 1 fully saturated rings. The van der Waals surface area contributed by atoms with E-state index in [4.69, 9.17) is 16.3 Å². The van der Waals surface area contributed by atoms with Crippen LogP contribution in [0.4, 0.5) is 0 Å². The van der Waals surface area contributed by atoms with Crippen molar-refractivity contribution in [2.75, 3.05) is 13.1 Å². The summed E-state index contributed by atoms with van der Waals surface area (Å²) < 4.78 is 7.82. The summed E-state index contributed by atoms with van der Waals surface area (Å²) in [4.78, 5) is 14.6. The number of hydrogen-bond acceptors (Lipinski definition) is 3. The van der Waals surface area contributed by atoms with Gasteiger partial charge in [-0.2, -0.15) is 5.10 Å². The molecule has 6 heteroatoms. The van der Waals surface area contributed by atoms with Gasteiger partial charge < -0.3 is 9.64 Å². The highest BCUT2D eigenvalue weighted by Gasteiger charge is 2.32. The van der Waals surface area contributed by atoms with Gasteiger partial charge in [0.2, 0.25) is 5.88 Å². The molecular weight excluding hydrogens is 314 g/mol. The molecule has 0 N–H and O–H groups in total. The number of benzene rings is 1. The Morgan fingerprint density at radius 1 is 1.26 bits per heavy atom. The summed E-state index contributed by atoms with van der Waals surface area (Å²) in [6.07, 6.45) is 2.08. The topological polar surface area (TPSA) is 47.4 Å². The van der Waals surface area contributed by atoms with E-state index in [-0.39, 0.29) is 12.0 Å². The Hall–Kier alpha value is -2.01. The van der Waals surface area contributed by atoms with Crippen LogP contribution >= 0.6 is 11.6 Å². The lowest BCUT2D eigenvalue weighted by molar-refractivity contribution is 0.0645. The maximum Gasteiger partial charge on any atom is 0.275 e. The molecule has 4 rings (SSSR count). The molecule has 1 unspecified atom stereocenters. The largest absolute Gasteiger partial charge is 0.474 e. The van der Waals surface area contributed by atoms with Crippen molar-refractivity contribution in [3.05, 3.63) is 35.0 Å². The summed E-state index contributed by atoms with van der Waals surface area (Å²) in [5, 5.41) is 5.22. The van der Waals surface area contributed by atoms with Crippen molar-refractivity contribution in [3.63, 3.8) is 0 Å². The van der Waals surface area contributed by atoms with Crippen LogP contribution in [0.5, 0.6) is 5.88 Å². The van der Waals surface area contributed by atoms with E-state index in [1.54, 1.807) is 0 Å². The van der Waals surface area contributed by atoms with Crippen LogP contribution in [0.3, 0.4) is 0 Å². The third-order valence-corrected chi connectivity index (χ3v) is 4.70. The van der Waals surface area contributed by atoms with Crippen LogP contribution in [0.2, 0.25) is 5.02 Å². The maximum atomic E-state index is 12.8. The standard InChI is InChI=1S/C17H18ClN3O2/c1-11-7-10-21-17(23-11)14(12-3-5-13(18)6-4-12)15(19-21)16(22)20-8-2-9-20/h3-6,11H,2,7-10H2,1H3. The predicted octanol–water partition coefficient (Wildman–Crippen LogP) is 3.22. The Labute approximate surface area is 139 Å². The fourth-order valence-corrected chi connectivity index (χ4v) is 3.09. The summed E-state index contributed by atoms with van der Waals surface area (Å²) in [6.45, 7) is 4.42. The number of hydrogen-bond donors (Lipinski definition) is 0. The van der Waals surface area contributed by atoms with Crippen LogP contribution < -0.4 is 4.74 Å². The zero-order chi connectivity index (χ0) is 16.0. The minimum Gasteiger partial charge on any atom is -0.474 e. The van der Waals surface area contributed by atoms with Crippen LogP contribution in [0.1, 0.15) is 30.3 Å². The zero-order valence-electron chi connectivity index (χ0n) is 13.0. The van der Waals surface area contributed by atoms with Crippen LogP contribution in [0.25, 0.3) is 11.1 Å². The van der Waals surface area contributed by atoms with Crippen molar-refractivity contribution < 1.29 is 9.53 Å². The fraction of sp³-hybridized carbons (Fsp3) is 0.412. The minimum absolute atomic E-state index is 0.0145. The maximum absolute atomic E-state index is 12.8. The first-order chi connectivity index (χ1) is 11.1. The van der Waals surface area contributed by atoms with Gasteiger partial charge in [-0.25, -0.2) is 4.68 Å². The average Bonchev–Trinajstić information content (AvgIpc) is 2.85. The lowest BCUT2D eigenvalue weighted by Crippen LogP contribution is -2.42. The smallest absolute Gasteiger partial charge is 0.275 e. The molecule has 2 aromatic rings. The van der Waals surface area contributed by atoms with Crippen molar-refractivity contribution in [3.8, 4) is 17.0 Å².